The van der Waals surface area contributed by atoms with Crippen LogP contribution in [0.3, 0.4) is 0 Å². The molecule has 4 heteroatoms. The molecule has 2 N–H and O–H groups in total. The van der Waals surface area contributed by atoms with Gasteiger partial charge in [-0.3, -0.25) is 0 Å². The van der Waals surface area contributed by atoms with Crippen LogP contribution in [0, 0.1) is 5.41 Å². The molecule has 1 aromatic carbocycles. The maximum absolute atomic E-state index is 11.2. The average Bonchev–Trinajstić information content (AvgIpc) is 3.14. The Morgan fingerprint density at radius 1 is 1.37 bits per heavy atom. The van der Waals surface area contributed by atoms with E-state index in [1.807, 2.05) is 24.3 Å². The Hall–Kier alpha value is -2.10. The molecule has 1 aliphatic rings. The van der Waals surface area contributed by atoms with E-state index in [4.69, 9.17) is 0 Å². The molecular weight excluding hydrogens is 240 g/mol. The van der Waals surface area contributed by atoms with Gasteiger partial charge in [-0.2, -0.15) is 0 Å². The number of aromatic nitrogens is 1. The van der Waals surface area contributed by atoms with Crippen molar-refractivity contribution in [3.63, 3.8) is 0 Å². The predicted molar refractivity (Wildman–Crippen MR) is 74.5 cm³/mol. The summed E-state index contributed by atoms with van der Waals surface area (Å²) in [5.41, 5.74) is 0.632. The number of rotatable bonds is 4. The van der Waals surface area contributed by atoms with Crippen molar-refractivity contribution >= 4 is 22.6 Å². The first-order valence-corrected chi connectivity index (χ1v) is 6.44. The maximum atomic E-state index is 11.2. The SMILES string of the molecule is CC1(CNc2ncc(C(=O)O)c3ccccc23)CC1. The molecule has 1 aliphatic carbocycles. The molecule has 0 unspecified atom stereocenters. The van der Waals surface area contributed by atoms with Crippen molar-refractivity contribution in [3.05, 3.63) is 36.0 Å². The minimum absolute atomic E-state index is 0.249. The number of anilines is 1. The topological polar surface area (TPSA) is 62.2 Å². The Morgan fingerprint density at radius 2 is 2.05 bits per heavy atom. The van der Waals surface area contributed by atoms with Crippen molar-refractivity contribution in [3.8, 4) is 0 Å². The number of hydrogen-bond donors (Lipinski definition) is 2. The van der Waals surface area contributed by atoms with Gasteiger partial charge < -0.3 is 10.4 Å². The van der Waals surface area contributed by atoms with Crippen molar-refractivity contribution < 1.29 is 9.90 Å². The van der Waals surface area contributed by atoms with E-state index >= 15 is 0 Å². The zero-order valence-electron chi connectivity index (χ0n) is 10.8. The van der Waals surface area contributed by atoms with E-state index < -0.39 is 5.97 Å². The standard InChI is InChI=1S/C15H16N2O2/c1-15(6-7-15)9-17-13-11-5-3-2-4-10(11)12(8-16-13)14(18)19/h2-5,8H,6-7,9H2,1H3,(H,16,17)(H,18,19). The van der Waals surface area contributed by atoms with Gasteiger partial charge in [0.2, 0.25) is 0 Å². The maximum Gasteiger partial charge on any atom is 0.337 e. The summed E-state index contributed by atoms with van der Waals surface area (Å²) < 4.78 is 0. The Morgan fingerprint density at radius 3 is 2.68 bits per heavy atom. The van der Waals surface area contributed by atoms with Crippen molar-refractivity contribution in [1.82, 2.24) is 4.98 Å². The zero-order chi connectivity index (χ0) is 13.5. The predicted octanol–water partition coefficient (Wildman–Crippen LogP) is 3.15. The Bertz CT molecular complexity index is 648. The average molecular weight is 256 g/mol. The number of nitrogens with one attached hydrogen (secondary N) is 1. The van der Waals surface area contributed by atoms with Gasteiger partial charge in [-0.1, -0.05) is 31.2 Å². The van der Waals surface area contributed by atoms with Crippen molar-refractivity contribution in [1.29, 1.82) is 0 Å². The third-order valence-corrected chi connectivity index (χ3v) is 3.81. The number of carbonyl (C=O) groups is 1. The summed E-state index contributed by atoms with van der Waals surface area (Å²) in [5.74, 6) is -0.168. The molecule has 0 saturated heterocycles. The van der Waals surface area contributed by atoms with E-state index in [-0.39, 0.29) is 5.56 Å². The summed E-state index contributed by atoms with van der Waals surface area (Å²) in [4.78, 5) is 15.5. The molecule has 98 valence electrons. The van der Waals surface area contributed by atoms with Crippen LogP contribution in [-0.2, 0) is 0 Å². The second kappa shape index (κ2) is 4.23. The second-order valence-electron chi connectivity index (χ2n) is 5.54. The number of aromatic carboxylic acids is 1. The van der Waals surface area contributed by atoms with Crippen LogP contribution in [0.1, 0.15) is 30.1 Å². The first-order chi connectivity index (χ1) is 9.09. The lowest BCUT2D eigenvalue weighted by molar-refractivity contribution is 0.0698. The molecule has 0 bridgehead atoms. The van der Waals surface area contributed by atoms with Crippen LogP contribution in [-0.4, -0.2) is 22.6 Å². The Labute approximate surface area is 111 Å². The summed E-state index contributed by atoms with van der Waals surface area (Å²) in [6, 6.07) is 7.48. The lowest BCUT2D eigenvalue weighted by atomic mass is 10.1. The van der Waals surface area contributed by atoms with Crippen LogP contribution in [0.15, 0.2) is 30.5 Å². The van der Waals surface area contributed by atoms with Crippen LogP contribution in [0.4, 0.5) is 5.82 Å². The smallest absolute Gasteiger partial charge is 0.337 e. The summed E-state index contributed by atoms with van der Waals surface area (Å²) in [7, 11) is 0. The largest absolute Gasteiger partial charge is 0.478 e. The van der Waals surface area contributed by atoms with Crippen LogP contribution in [0.25, 0.3) is 10.8 Å². The number of nitrogens with zero attached hydrogens (tertiary/aromatic N) is 1. The van der Waals surface area contributed by atoms with Gasteiger partial charge in [0, 0.05) is 23.5 Å². The minimum atomic E-state index is -0.940. The molecular formula is C15H16N2O2. The fourth-order valence-corrected chi connectivity index (χ4v) is 2.19. The highest BCUT2D eigenvalue weighted by Crippen LogP contribution is 2.44. The molecule has 0 spiro atoms. The molecule has 4 nitrogen and oxygen atoms in total. The van der Waals surface area contributed by atoms with Gasteiger partial charge in [-0.25, -0.2) is 9.78 Å². The van der Waals surface area contributed by atoms with Crippen molar-refractivity contribution in [2.24, 2.45) is 5.41 Å². The fraction of sp³-hybridized carbons (Fsp3) is 0.333. The second-order valence-corrected chi connectivity index (χ2v) is 5.54. The number of carboxylic acids is 1. The molecule has 1 saturated carbocycles. The minimum Gasteiger partial charge on any atom is -0.478 e. The zero-order valence-corrected chi connectivity index (χ0v) is 10.8. The molecule has 0 atom stereocenters. The normalized spacial score (nSPS) is 16.3. The molecule has 2 aromatic rings. The van der Waals surface area contributed by atoms with Gasteiger partial charge in [-0.15, -0.1) is 0 Å². The van der Waals surface area contributed by atoms with Crippen LogP contribution < -0.4 is 5.32 Å². The molecule has 1 aromatic heterocycles. The summed E-state index contributed by atoms with van der Waals surface area (Å²) in [6.45, 7) is 3.13. The number of hydrogen-bond acceptors (Lipinski definition) is 3. The third kappa shape index (κ3) is 2.26. The van der Waals surface area contributed by atoms with Gasteiger partial charge in [0.1, 0.15) is 5.82 Å². The van der Waals surface area contributed by atoms with Crippen molar-refractivity contribution in [2.45, 2.75) is 19.8 Å². The van der Waals surface area contributed by atoms with Gasteiger partial charge in [0.05, 0.1) is 5.56 Å². The molecule has 1 heterocycles. The Kier molecular flexibility index (Phi) is 2.66. The van der Waals surface area contributed by atoms with E-state index in [1.165, 1.54) is 19.0 Å². The van der Waals surface area contributed by atoms with Crippen LogP contribution >= 0.6 is 0 Å². The number of benzene rings is 1. The van der Waals surface area contributed by atoms with Crippen LogP contribution in [0.2, 0.25) is 0 Å². The lowest BCUT2D eigenvalue weighted by Crippen LogP contribution is -2.13. The molecule has 0 aliphatic heterocycles. The van der Waals surface area contributed by atoms with Gasteiger partial charge in [-0.05, 0) is 18.3 Å². The summed E-state index contributed by atoms with van der Waals surface area (Å²) in [6.07, 6.45) is 3.92. The number of pyridine rings is 1. The van der Waals surface area contributed by atoms with E-state index in [0.717, 1.165) is 23.1 Å². The van der Waals surface area contributed by atoms with Crippen molar-refractivity contribution in [2.75, 3.05) is 11.9 Å². The lowest BCUT2D eigenvalue weighted by Gasteiger charge is -2.13. The van der Waals surface area contributed by atoms with E-state index in [2.05, 4.69) is 17.2 Å². The number of carboxylic acid groups (broad SMARTS) is 1. The quantitative estimate of drug-likeness (QED) is 0.882. The van der Waals surface area contributed by atoms with Gasteiger partial charge in [0.15, 0.2) is 0 Å². The third-order valence-electron chi connectivity index (χ3n) is 3.81. The Balaban J connectivity index is 2.01. The van der Waals surface area contributed by atoms with Gasteiger partial charge >= 0.3 is 5.97 Å². The van der Waals surface area contributed by atoms with E-state index in [1.54, 1.807) is 0 Å². The van der Waals surface area contributed by atoms with E-state index in [0.29, 0.717) is 5.41 Å². The highest BCUT2D eigenvalue weighted by Gasteiger charge is 2.36. The van der Waals surface area contributed by atoms with E-state index in [9.17, 15) is 9.90 Å². The summed E-state index contributed by atoms with van der Waals surface area (Å²) in [5, 5.41) is 14.1. The monoisotopic (exact) mass is 256 g/mol. The summed E-state index contributed by atoms with van der Waals surface area (Å²) >= 11 is 0. The molecule has 1 fully saturated rings. The van der Waals surface area contributed by atoms with Gasteiger partial charge in [0.25, 0.3) is 0 Å². The first-order valence-electron chi connectivity index (χ1n) is 6.44. The fourth-order valence-electron chi connectivity index (χ4n) is 2.19. The molecule has 0 radical (unpaired) electrons. The van der Waals surface area contributed by atoms with Crippen LogP contribution in [0.5, 0.6) is 0 Å². The number of fused-ring (bicyclic) bond motifs is 1. The first kappa shape index (κ1) is 12.0. The highest BCUT2D eigenvalue weighted by molar-refractivity contribution is 6.06. The molecule has 3 rings (SSSR count). The molecule has 0 amide bonds. The molecule has 19 heavy (non-hydrogen) atoms. The highest BCUT2D eigenvalue weighted by atomic mass is 16.4.